The van der Waals surface area contributed by atoms with E-state index in [9.17, 15) is 4.39 Å². The van der Waals surface area contributed by atoms with Gasteiger partial charge in [-0.3, -0.25) is 0 Å². The highest BCUT2D eigenvalue weighted by molar-refractivity contribution is 5.46. The van der Waals surface area contributed by atoms with E-state index in [0.29, 0.717) is 0 Å². The second kappa shape index (κ2) is 6.71. The van der Waals surface area contributed by atoms with Gasteiger partial charge in [0.2, 0.25) is 0 Å². The Morgan fingerprint density at radius 3 is 2.78 bits per heavy atom. The molecule has 1 aromatic rings. The minimum atomic E-state index is -0.198. The number of ether oxygens (including phenoxy) is 2. The lowest BCUT2D eigenvalue weighted by atomic mass is 10.2. The summed E-state index contributed by atoms with van der Waals surface area (Å²) in [5.41, 5.74) is 0.910. The van der Waals surface area contributed by atoms with Crippen molar-refractivity contribution in [2.75, 3.05) is 31.2 Å². The number of halogens is 1. The fraction of sp³-hybridized carbons (Fsp3) is 0.571. The number of benzene rings is 1. The second-order valence-electron chi connectivity index (χ2n) is 4.37. The predicted molar refractivity (Wildman–Crippen MR) is 69.2 cm³/mol. The maximum atomic E-state index is 13.2. The van der Waals surface area contributed by atoms with Gasteiger partial charge in [0.05, 0.1) is 13.2 Å². The largest absolute Gasteiger partial charge is 0.372 e. The van der Waals surface area contributed by atoms with Gasteiger partial charge in [-0.25, -0.2) is 4.39 Å². The van der Waals surface area contributed by atoms with E-state index in [-0.39, 0.29) is 12.1 Å². The lowest BCUT2D eigenvalue weighted by molar-refractivity contribution is -0.179. The molecule has 1 aliphatic rings. The molecule has 0 aromatic heterocycles. The first-order valence-corrected chi connectivity index (χ1v) is 6.53. The highest BCUT2D eigenvalue weighted by atomic mass is 19.1. The number of hydrogen-bond donors (Lipinski definition) is 0. The van der Waals surface area contributed by atoms with Gasteiger partial charge in [-0.15, -0.1) is 0 Å². The van der Waals surface area contributed by atoms with Crippen LogP contribution in [0.4, 0.5) is 10.1 Å². The van der Waals surface area contributed by atoms with E-state index in [1.165, 1.54) is 6.07 Å². The monoisotopic (exact) mass is 253 g/mol. The Balaban J connectivity index is 1.88. The molecule has 0 N–H and O–H groups in total. The molecule has 3 nitrogen and oxygen atoms in total. The van der Waals surface area contributed by atoms with E-state index in [2.05, 4.69) is 11.8 Å². The molecule has 0 bridgehead atoms. The summed E-state index contributed by atoms with van der Waals surface area (Å²) in [5, 5.41) is 0. The second-order valence-corrected chi connectivity index (χ2v) is 4.37. The van der Waals surface area contributed by atoms with E-state index in [1.54, 1.807) is 12.1 Å². The Kier molecular flexibility index (Phi) is 4.96. The Morgan fingerprint density at radius 1 is 1.33 bits per heavy atom. The highest BCUT2D eigenvalue weighted by Crippen LogP contribution is 2.17. The van der Waals surface area contributed by atoms with Crippen LogP contribution in [0.2, 0.25) is 0 Å². The molecule has 0 spiro atoms. The van der Waals surface area contributed by atoms with Crippen molar-refractivity contribution in [1.82, 2.24) is 0 Å². The van der Waals surface area contributed by atoms with Crippen LogP contribution in [0.15, 0.2) is 24.3 Å². The topological polar surface area (TPSA) is 21.7 Å². The lowest BCUT2D eigenvalue weighted by Gasteiger charge is -2.28. The van der Waals surface area contributed by atoms with Gasteiger partial charge >= 0.3 is 0 Å². The molecule has 0 atom stereocenters. The number of nitrogens with zero attached hydrogens (tertiary/aromatic N) is 1. The van der Waals surface area contributed by atoms with Crippen molar-refractivity contribution >= 4 is 5.69 Å². The molecule has 18 heavy (non-hydrogen) atoms. The van der Waals surface area contributed by atoms with Gasteiger partial charge in [0.1, 0.15) is 5.82 Å². The van der Waals surface area contributed by atoms with Gasteiger partial charge in [-0.2, -0.15) is 0 Å². The van der Waals surface area contributed by atoms with Crippen molar-refractivity contribution in [3.8, 4) is 0 Å². The number of rotatable bonds is 5. The summed E-state index contributed by atoms with van der Waals surface area (Å²) >= 11 is 0. The van der Waals surface area contributed by atoms with Gasteiger partial charge < -0.3 is 14.4 Å². The van der Waals surface area contributed by atoms with Crippen molar-refractivity contribution < 1.29 is 13.9 Å². The fourth-order valence-electron chi connectivity index (χ4n) is 2.11. The highest BCUT2D eigenvalue weighted by Gasteiger charge is 2.15. The standard InChI is InChI=1S/C14H20FNO2/c1-2-16(13-6-3-5-12(15)11-13)8-7-14-17-9-4-10-18-14/h3,5-6,11,14H,2,4,7-10H2,1H3. The summed E-state index contributed by atoms with van der Waals surface area (Å²) < 4.78 is 24.2. The van der Waals surface area contributed by atoms with Crippen LogP contribution in [-0.2, 0) is 9.47 Å². The van der Waals surface area contributed by atoms with Gasteiger partial charge in [0, 0.05) is 25.2 Å². The summed E-state index contributed by atoms with van der Waals surface area (Å²) in [6.07, 6.45) is 1.67. The summed E-state index contributed by atoms with van der Waals surface area (Å²) in [4.78, 5) is 2.13. The fourth-order valence-corrected chi connectivity index (χ4v) is 2.11. The first-order chi connectivity index (χ1) is 8.79. The first kappa shape index (κ1) is 13.3. The van der Waals surface area contributed by atoms with Crippen LogP contribution < -0.4 is 4.90 Å². The van der Waals surface area contributed by atoms with E-state index >= 15 is 0 Å². The third-order valence-electron chi connectivity index (χ3n) is 3.09. The van der Waals surface area contributed by atoms with Crippen LogP contribution in [0.5, 0.6) is 0 Å². The molecule has 0 radical (unpaired) electrons. The quantitative estimate of drug-likeness (QED) is 0.805. The van der Waals surface area contributed by atoms with Crippen molar-refractivity contribution in [3.63, 3.8) is 0 Å². The van der Waals surface area contributed by atoms with Crippen molar-refractivity contribution in [2.24, 2.45) is 0 Å². The minimum Gasteiger partial charge on any atom is -0.372 e. The summed E-state index contributed by atoms with van der Waals surface area (Å²) in [5.74, 6) is -0.198. The van der Waals surface area contributed by atoms with Crippen molar-refractivity contribution in [3.05, 3.63) is 30.1 Å². The molecule has 1 saturated heterocycles. The molecule has 0 saturated carbocycles. The van der Waals surface area contributed by atoms with E-state index in [0.717, 1.165) is 44.8 Å². The molecule has 0 unspecified atom stereocenters. The number of anilines is 1. The molecular formula is C14H20FNO2. The van der Waals surface area contributed by atoms with Gasteiger partial charge in [0.15, 0.2) is 6.29 Å². The van der Waals surface area contributed by atoms with Crippen LogP contribution >= 0.6 is 0 Å². The van der Waals surface area contributed by atoms with E-state index in [4.69, 9.17) is 9.47 Å². The molecule has 0 amide bonds. The lowest BCUT2D eigenvalue weighted by Crippen LogP contribution is -2.31. The zero-order chi connectivity index (χ0) is 12.8. The maximum Gasteiger partial charge on any atom is 0.159 e. The minimum absolute atomic E-state index is 0.110. The Labute approximate surface area is 107 Å². The van der Waals surface area contributed by atoms with Gasteiger partial charge in [0.25, 0.3) is 0 Å². The zero-order valence-corrected chi connectivity index (χ0v) is 10.8. The summed E-state index contributed by atoms with van der Waals surface area (Å²) in [6.45, 7) is 5.27. The molecular weight excluding hydrogens is 233 g/mol. The van der Waals surface area contributed by atoms with Crippen molar-refractivity contribution in [1.29, 1.82) is 0 Å². The normalized spacial score (nSPS) is 16.8. The molecule has 100 valence electrons. The molecule has 4 heteroatoms. The maximum absolute atomic E-state index is 13.2. The van der Waals surface area contributed by atoms with E-state index < -0.39 is 0 Å². The Morgan fingerprint density at radius 2 is 2.11 bits per heavy atom. The molecule has 2 rings (SSSR count). The van der Waals surface area contributed by atoms with Gasteiger partial charge in [-0.05, 0) is 31.5 Å². The van der Waals surface area contributed by atoms with Crippen LogP contribution in [0.3, 0.4) is 0 Å². The average Bonchev–Trinajstić information content (AvgIpc) is 2.41. The zero-order valence-electron chi connectivity index (χ0n) is 10.8. The summed E-state index contributed by atoms with van der Waals surface area (Å²) in [7, 11) is 0. The molecule has 1 heterocycles. The molecule has 1 aliphatic heterocycles. The van der Waals surface area contributed by atoms with Crippen LogP contribution in [-0.4, -0.2) is 32.6 Å². The predicted octanol–water partition coefficient (Wildman–Crippen LogP) is 2.81. The third-order valence-corrected chi connectivity index (χ3v) is 3.09. The molecule has 0 aliphatic carbocycles. The first-order valence-electron chi connectivity index (χ1n) is 6.53. The third kappa shape index (κ3) is 3.68. The number of hydrogen-bond acceptors (Lipinski definition) is 3. The molecule has 1 fully saturated rings. The van der Waals surface area contributed by atoms with Crippen LogP contribution in [0, 0.1) is 5.82 Å². The van der Waals surface area contributed by atoms with Crippen LogP contribution in [0.1, 0.15) is 19.8 Å². The van der Waals surface area contributed by atoms with E-state index in [1.807, 2.05) is 6.07 Å². The SMILES string of the molecule is CCN(CCC1OCCCO1)c1cccc(F)c1. The smallest absolute Gasteiger partial charge is 0.159 e. The Hall–Kier alpha value is -1.13. The van der Waals surface area contributed by atoms with Crippen molar-refractivity contribution in [2.45, 2.75) is 26.1 Å². The Bertz CT molecular complexity index is 367. The van der Waals surface area contributed by atoms with Crippen LogP contribution in [0.25, 0.3) is 0 Å². The average molecular weight is 253 g/mol. The molecule has 1 aromatic carbocycles. The van der Waals surface area contributed by atoms with Gasteiger partial charge in [-0.1, -0.05) is 6.07 Å². The summed E-state index contributed by atoms with van der Waals surface area (Å²) in [6, 6.07) is 6.69.